The summed E-state index contributed by atoms with van der Waals surface area (Å²) >= 11 is 3.46. The van der Waals surface area contributed by atoms with Crippen molar-refractivity contribution in [1.82, 2.24) is 9.19 Å². The van der Waals surface area contributed by atoms with Crippen molar-refractivity contribution in [3.8, 4) is 11.3 Å². The quantitative estimate of drug-likeness (QED) is 0.462. The van der Waals surface area contributed by atoms with E-state index in [1.807, 2.05) is 49.4 Å². The Morgan fingerprint density at radius 1 is 0.923 bits per heavy atom. The topological polar surface area (TPSA) is 52.0 Å². The van der Waals surface area contributed by atoms with Crippen LogP contribution < -0.4 is 0 Å². The molecule has 0 amide bonds. The van der Waals surface area contributed by atoms with E-state index in [1.165, 1.54) is 0 Å². The van der Waals surface area contributed by atoms with E-state index < -0.39 is 10.0 Å². The maximum atomic E-state index is 13.2. The molecule has 130 valence electrons. The van der Waals surface area contributed by atoms with Crippen molar-refractivity contribution in [2.24, 2.45) is 0 Å². The molecule has 1 aromatic heterocycles. The van der Waals surface area contributed by atoms with E-state index in [0.29, 0.717) is 11.2 Å². The largest absolute Gasteiger partial charge is 0.283 e. The second kappa shape index (κ2) is 6.37. The van der Waals surface area contributed by atoms with Crippen LogP contribution in [0.5, 0.6) is 0 Å². The van der Waals surface area contributed by atoms with Crippen LogP contribution in [0.15, 0.2) is 82.2 Å². The first-order chi connectivity index (χ1) is 12.5. The zero-order valence-electron chi connectivity index (χ0n) is 13.9. The maximum Gasteiger partial charge on any atom is 0.283 e. The van der Waals surface area contributed by atoms with Gasteiger partial charge < -0.3 is 0 Å². The fraction of sp³-hybridized carbons (Fsp3) is 0.0500. The van der Waals surface area contributed by atoms with E-state index in [9.17, 15) is 8.42 Å². The van der Waals surface area contributed by atoms with Crippen molar-refractivity contribution in [1.29, 1.82) is 0 Å². The summed E-state index contributed by atoms with van der Waals surface area (Å²) in [5.74, 6) is 0. The highest BCUT2D eigenvalue weighted by molar-refractivity contribution is 9.10. The molecule has 4 nitrogen and oxygen atoms in total. The smallest absolute Gasteiger partial charge is 0.199 e. The molecule has 4 rings (SSSR count). The Labute approximate surface area is 160 Å². The Morgan fingerprint density at radius 2 is 1.65 bits per heavy atom. The Morgan fingerprint density at radius 3 is 2.38 bits per heavy atom. The van der Waals surface area contributed by atoms with Crippen LogP contribution in [-0.4, -0.2) is 17.6 Å². The van der Waals surface area contributed by atoms with Gasteiger partial charge in [0.15, 0.2) is 0 Å². The number of hydrogen-bond acceptors (Lipinski definition) is 3. The minimum absolute atomic E-state index is 0.220. The molecule has 0 aliphatic carbocycles. The van der Waals surface area contributed by atoms with E-state index in [-0.39, 0.29) is 4.90 Å². The van der Waals surface area contributed by atoms with E-state index >= 15 is 0 Å². The highest BCUT2D eigenvalue weighted by atomic mass is 79.9. The Balaban J connectivity index is 1.98. The van der Waals surface area contributed by atoms with Gasteiger partial charge in [-0.1, -0.05) is 64.0 Å². The van der Waals surface area contributed by atoms with E-state index in [0.717, 1.165) is 25.1 Å². The van der Waals surface area contributed by atoms with Gasteiger partial charge in [0.1, 0.15) is 5.69 Å². The van der Waals surface area contributed by atoms with Crippen LogP contribution in [0.2, 0.25) is 0 Å². The van der Waals surface area contributed by atoms with Crippen molar-refractivity contribution >= 4 is 36.9 Å². The summed E-state index contributed by atoms with van der Waals surface area (Å²) in [7, 11) is -3.79. The zero-order chi connectivity index (χ0) is 18.3. The maximum absolute atomic E-state index is 13.2. The second-order valence-electron chi connectivity index (χ2n) is 6.04. The number of para-hydroxylation sites is 1. The number of aromatic nitrogens is 2. The molecular formula is C20H15BrN2O2S. The number of aryl methyl sites for hydroxylation is 1. The van der Waals surface area contributed by atoms with Crippen molar-refractivity contribution in [3.05, 3.63) is 82.8 Å². The Bertz CT molecular complexity index is 1210. The third-order valence-corrected chi connectivity index (χ3v) is 6.30. The molecular weight excluding hydrogens is 412 g/mol. The van der Waals surface area contributed by atoms with E-state index in [1.54, 1.807) is 30.3 Å². The summed E-state index contributed by atoms with van der Waals surface area (Å²) in [6.07, 6.45) is 0. The number of rotatable bonds is 3. The van der Waals surface area contributed by atoms with Gasteiger partial charge in [0, 0.05) is 15.4 Å². The molecule has 0 saturated carbocycles. The number of hydrogen-bond donors (Lipinski definition) is 0. The summed E-state index contributed by atoms with van der Waals surface area (Å²) in [5, 5.41) is 5.27. The van der Waals surface area contributed by atoms with Gasteiger partial charge in [-0.2, -0.15) is 17.6 Å². The third-order valence-electron chi connectivity index (χ3n) is 4.20. The van der Waals surface area contributed by atoms with Gasteiger partial charge in [-0.25, -0.2) is 0 Å². The van der Waals surface area contributed by atoms with Crippen LogP contribution in [0, 0.1) is 6.92 Å². The fourth-order valence-electron chi connectivity index (χ4n) is 2.88. The minimum atomic E-state index is -3.79. The van der Waals surface area contributed by atoms with Crippen LogP contribution in [-0.2, 0) is 10.0 Å². The first kappa shape index (κ1) is 17.0. The number of benzene rings is 3. The van der Waals surface area contributed by atoms with Crippen LogP contribution in [0.1, 0.15) is 5.56 Å². The predicted octanol–water partition coefficient (Wildman–Crippen LogP) is 5.01. The van der Waals surface area contributed by atoms with Gasteiger partial charge in [0.25, 0.3) is 10.0 Å². The monoisotopic (exact) mass is 426 g/mol. The average molecular weight is 427 g/mol. The molecule has 26 heavy (non-hydrogen) atoms. The fourth-order valence-corrected chi connectivity index (χ4v) is 4.57. The minimum Gasteiger partial charge on any atom is -0.199 e. The molecule has 0 radical (unpaired) electrons. The Hall–Kier alpha value is -2.44. The molecule has 3 aromatic carbocycles. The van der Waals surface area contributed by atoms with Crippen molar-refractivity contribution < 1.29 is 8.42 Å². The normalized spacial score (nSPS) is 11.8. The molecule has 0 atom stereocenters. The standard InChI is InChI=1S/C20H15BrN2O2S/c1-14-9-11-17(12-10-14)26(24,25)23-19-8-3-2-7-18(19)20(22-23)15-5-4-6-16(21)13-15/h2-13H,1H3. The van der Waals surface area contributed by atoms with Gasteiger partial charge in [-0.05, 0) is 37.3 Å². The molecule has 0 aliphatic rings. The molecule has 0 bridgehead atoms. The first-order valence-electron chi connectivity index (χ1n) is 8.03. The average Bonchev–Trinajstić information content (AvgIpc) is 3.03. The van der Waals surface area contributed by atoms with Crippen LogP contribution >= 0.6 is 15.9 Å². The lowest BCUT2D eigenvalue weighted by molar-refractivity contribution is 0.582. The SMILES string of the molecule is Cc1ccc(S(=O)(=O)n2nc(-c3cccc(Br)c3)c3ccccc32)cc1. The van der Waals surface area contributed by atoms with Gasteiger partial charge in [-0.15, -0.1) is 0 Å². The Kier molecular flexibility index (Phi) is 4.17. The lowest BCUT2D eigenvalue weighted by atomic mass is 10.1. The summed E-state index contributed by atoms with van der Waals surface area (Å²) in [4.78, 5) is 0.220. The molecule has 0 unspecified atom stereocenters. The van der Waals surface area contributed by atoms with Crippen LogP contribution in [0.25, 0.3) is 22.2 Å². The van der Waals surface area contributed by atoms with Crippen molar-refractivity contribution in [2.45, 2.75) is 11.8 Å². The van der Waals surface area contributed by atoms with Gasteiger partial charge in [0.05, 0.1) is 10.4 Å². The summed E-state index contributed by atoms with van der Waals surface area (Å²) < 4.78 is 28.4. The first-order valence-corrected chi connectivity index (χ1v) is 10.3. The molecule has 6 heteroatoms. The third kappa shape index (κ3) is 2.85. The van der Waals surface area contributed by atoms with Gasteiger partial charge >= 0.3 is 0 Å². The van der Waals surface area contributed by atoms with E-state index in [4.69, 9.17) is 0 Å². The van der Waals surface area contributed by atoms with Crippen molar-refractivity contribution in [2.75, 3.05) is 0 Å². The molecule has 0 spiro atoms. The van der Waals surface area contributed by atoms with Gasteiger partial charge in [-0.3, -0.25) is 0 Å². The highest BCUT2D eigenvalue weighted by Crippen LogP contribution is 2.31. The number of halogens is 1. The molecule has 0 N–H and O–H groups in total. The lowest BCUT2D eigenvalue weighted by Crippen LogP contribution is -2.14. The molecule has 1 heterocycles. The lowest BCUT2D eigenvalue weighted by Gasteiger charge is -2.06. The summed E-state index contributed by atoms with van der Waals surface area (Å²) in [6.45, 7) is 1.92. The predicted molar refractivity (Wildman–Crippen MR) is 107 cm³/mol. The second-order valence-corrected chi connectivity index (χ2v) is 8.72. The summed E-state index contributed by atoms with van der Waals surface area (Å²) in [5.41, 5.74) is 3.05. The summed E-state index contributed by atoms with van der Waals surface area (Å²) in [6, 6.07) is 21.8. The van der Waals surface area contributed by atoms with Gasteiger partial charge in [0.2, 0.25) is 0 Å². The number of fused-ring (bicyclic) bond motifs is 1. The zero-order valence-corrected chi connectivity index (χ0v) is 16.3. The molecule has 0 aliphatic heterocycles. The van der Waals surface area contributed by atoms with Crippen LogP contribution in [0.3, 0.4) is 0 Å². The molecule has 0 saturated heterocycles. The molecule has 4 aromatic rings. The molecule has 0 fully saturated rings. The highest BCUT2D eigenvalue weighted by Gasteiger charge is 2.23. The van der Waals surface area contributed by atoms with Crippen LogP contribution in [0.4, 0.5) is 0 Å². The number of nitrogens with zero attached hydrogens (tertiary/aromatic N) is 2. The van der Waals surface area contributed by atoms with Crippen molar-refractivity contribution in [3.63, 3.8) is 0 Å². The van der Waals surface area contributed by atoms with E-state index in [2.05, 4.69) is 21.0 Å².